The molecule has 3 heteroatoms. The Labute approximate surface area is 135 Å². The average molecular weight is 306 g/mol. The summed E-state index contributed by atoms with van der Waals surface area (Å²) in [5.74, 6) is 0.756. The highest BCUT2D eigenvalue weighted by Crippen LogP contribution is 2.26. The van der Waals surface area contributed by atoms with E-state index in [0.29, 0.717) is 12.8 Å². The van der Waals surface area contributed by atoms with Gasteiger partial charge in [0.2, 0.25) is 0 Å². The zero-order valence-electron chi connectivity index (χ0n) is 12.6. The zero-order chi connectivity index (χ0) is 16.2. The maximum Gasteiger partial charge on any atom is 0.119 e. The van der Waals surface area contributed by atoms with Crippen LogP contribution in [0.1, 0.15) is 22.3 Å². The minimum atomic E-state index is 0.228. The van der Waals surface area contributed by atoms with Crippen LogP contribution in [0.15, 0.2) is 66.7 Å². The van der Waals surface area contributed by atoms with E-state index in [1.165, 1.54) is 0 Å². The molecule has 0 aromatic heterocycles. The summed E-state index contributed by atoms with van der Waals surface area (Å²) in [6.45, 7) is 0. The summed E-state index contributed by atoms with van der Waals surface area (Å²) in [6, 6.07) is 19.7. The summed E-state index contributed by atoms with van der Waals surface area (Å²) in [6.07, 6.45) is 1.19. The van der Waals surface area contributed by atoms with Gasteiger partial charge in [-0.15, -0.1) is 0 Å². The Hall–Kier alpha value is -2.94. The molecule has 3 N–H and O–H groups in total. The van der Waals surface area contributed by atoms with Gasteiger partial charge >= 0.3 is 0 Å². The predicted octanol–water partition coefficient (Wildman–Crippen LogP) is 3.99. The number of aromatic hydroxyl groups is 3. The molecule has 3 aromatic carbocycles. The maximum absolute atomic E-state index is 10.1. The second kappa shape index (κ2) is 6.44. The smallest absolute Gasteiger partial charge is 0.119 e. The van der Waals surface area contributed by atoms with Crippen molar-refractivity contribution in [2.45, 2.75) is 12.8 Å². The summed E-state index contributed by atoms with van der Waals surface area (Å²) in [5.41, 5.74) is 3.72. The Balaban J connectivity index is 1.84. The molecule has 0 saturated carbocycles. The standard InChI is InChI=1S/C20H18O3/c21-18-8-5-14(6-9-18)11-17-13-15(7-10-20(17)23)12-16-3-1-2-4-19(16)22/h1-10,13,21-23H,11-12H2. The highest BCUT2D eigenvalue weighted by atomic mass is 16.3. The Bertz CT molecular complexity index is 807. The molecule has 0 bridgehead atoms. The van der Waals surface area contributed by atoms with Crippen molar-refractivity contribution in [1.82, 2.24) is 0 Å². The molecule has 3 nitrogen and oxygen atoms in total. The van der Waals surface area contributed by atoms with Crippen molar-refractivity contribution in [3.63, 3.8) is 0 Å². The first-order chi connectivity index (χ1) is 11.1. The molecule has 23 heavy (non-hydrogen) atoms. The number of benzene rings is 3. The number of hydrogen-bond acceptors (Lipinski definition) is 3. The molecule has 0 amide bonds. The number of para-hydroxylation sites is 1. The Kier molecular flexibility index (Phi) is 4.20. The minimum absolute atomic E-state index is 0.228. The van der Waals surface area contributed by atoms with E-state index in [-0.39, 0.29) is 17.2 Å². The van der Waals surface area contributed by atoms with Crippen LogP contribution in [0.4, 0.5) is 0 Å². The fourth-order valence-corrected chi connectivity index (χ4v) is 2.60. The lowest BCUT2D eigenvalue weighted by molar-refractivity contribution is 0.468. The second-order valence-corrected chi connectivity index (χ2v) is 5.61. The molecular weight excluding hydrogens is 288 g/mol. The highest BCUT2D eigenvalue weighted by Gasteiger charge is 2.07. The molecule has 0 atom stereocenters. The van der Waals surface area contributed by atoms with E-state index in [2.05, 4.69) is 0 Å². The van der Waals surface area contributed by atoms with Crippen LogP contribution in [0.25, 0.3) is 0 Å². The normalized spacial score (nSPS) is 10.6. The van der Waals surface area contributed by atoms with E-state index in [0.717, 1.165) is 22.3 Å². The topological polar surface area (TPSA) is 60.7 Å². The molecule has 3 aromatic rings. The first kappa shape index (κ1) is 15.0. The zero-order valence-corrected chi connectivity index (χ0v) is 12.6. The fraction of sp³-hybridized carbons (Fsp3) is 0.100. The lowest BCUT2D eigenvalue weighted by Gasteiger charge is -2.09. The molecule has 0 radical (unpaired) electrons. The van der Waals surface area contributed by atoms with Crippen LogP contribution in [0.3, 0.4) is 0 Å². The van der Waals surface area contributed by atoms with E-state index in [9.17, 15) is 15.3 Å². The van der Waals surface area contributed by atoms with Crippen molar-refractivity contribution in [3.05, 3.63) is 89.0 Å². The van der Waals surface area contributed by atoms with Gasteiger partial charge in [-0.2, -0.15) is 0 Å². The van der Waals surface area contributed by atoms with E-state index in [1.54, 1.807) is 30.3 Å². The van der Waals surface area contributed by atoms with Crippen molar-refractivity contribution in [1.29, 1.82) is 0 Å². The van der Waals surface area contributed by atoms with Gasteiger partial charge in [0.05, 0.1) is 0 Å². The third kappa shape index (κ3) is 3.64. The minimum Gasteiger partial charge on any atom is -0.508 e. The first-order valence-corrected chi connectivity index (χ1v) is 7.47. The van der Waals surface area contributed by atoms with Crippen LogP contribution >= 0.6 is 0 Å². The summed E-state index contributed by atoms with van der Waals surface area (Å²) >= 11 is 0. The number of phenolic OH excluding ortho intramolecular Hbond substituents is 3. The van der Waals surface area contributed by atoms with E-state index in [1.807, 2.05) is 36.4 Å². The van der Waals surface area contributed by atoms with Gasteiger partial charge in [0.15, 0.2) is 0 Å². The summed E-state index contributed by atoms with van der Waals surface area (Å²) in [7, 11) is 0. The molecule has 3 rings (SSSR count). The van der Waals surface area contributed by atoms with Gasteiger partial charge in [0.25, 0.3) is 0 Å². The molecule has 0 saturated heterocycles. The Morgan fingerprint density at radius 3 is 1.91 bits per heavy atom. The van der Waals surface area contributed by atoms with Crippen LogP contribution in [-0.4, -0.2) is 15.3 Å². The summed E-state index contributed by atoms with van der Waals surface area (Å²) < 4.78 is 0. The van der Waals surface area contributed by atoms with Crippen molar-refractivity contribution >= 4 is 0 Å². The first-order valence-electron chi connectivity index (χ1n) is 7.47. The molecule has 0 aliphatic carbocycles. The van der Waals surface area contributed by atoms with Crippen LogP contribution in [0.5, 0.6) is 17.2 Å². The molecule has 116 valence electrons. The van der Waals surface area contributed by atoms with Crippen molar-refractivity contribution in [2.24, 2.45) is 0 Å². The van der Waals surface area contributed by atoms with Crippen LogP contribution in [0, 0.1) is 0 Å². The number of rotatable bonds is 4. The predicted molar refractivity (Wildman–Crippen MR) is 89.9 cm³/mol. The SMILES string of the molecule is Oc1ccc(Cc2cc(Cc3ccccc3O)ccc2O)cc1. The molecular formula is C20H18O3. The van der Waals surface area contributed by atoms with Gasteiger partial charge < -0.3 is 15.3 Å². The Morgan fingerprint density at radius 2 is 1.17 bits per heavy atom. The van der Waals surface area contributed by atoms with Crippen LogP contribution in [-0.2, 0) is 12.8 Å². The van der Waals surface area contributed by atoms with Gasteiger partial charge in [0, 0.05) is 12.8 Å². The van der Waals surface area contributed by atoms with Crippen LogP contribution < -0.4 is 0 Å². The lowest BCUT2D eigenvalue weighted by Crippen LogP contribution is -1.94. The highest BCUT2D eigenvalue weighted by molar-refractivity contribution is 5.43. The third-order valence-corrected chi connectivity index (χ3v) is 3.86. The van der Waals surface area contributed by atoms with Gasteiger partial charge in [-0.1, -0.05) is 42.5 Å². The van der Waals surface area contributed by atoms with Gasteiger partial charge in [-0.25, -0.2) is 0 Å². The third-order valence-electron chi connectivity index (χ3n) is 3.86. The summed E-state index contributed by atoms with van der Waals surface area (Å²) in [5, 5.41) is 29.3. The van der Waals surface area contributed by atoms with E-state index < -0.39 is 0 Å². The second-order valence-electron chi connectivity index (χ2n) is 5.61. The van der Waals surface area contributed by atoms with E-state index >= 15 is 0 Å². The van der Waals surface area contributed by atoms with Crippen molar-refractivity contribution < 1.29 is 15.3 Å². The van der Waals surface area contributed by atoms with Gasteiger partial charge in [-0.05, 0) is 46.5 Å². The molecule has 0 aliphatic heterocycles. The summed E-state index contributed by atoms with van der Waals surface area (Å²) in [4.78, 5) is 0. The Morgan fingerprint density at radius 1 is 0.565 bits per heavy atom. The fourth-order valence-electron chi connectivity index (χ4n) is 2.60. The van der Waals surface area contributed by atoms with Crippen LogP contribution in [0.2, 0.25) is 0 Å². The van der Waals surface area contributed by atoms with E-state index in [4.69, 9.17) is 0 Å². The van der Waals surface area contributed by atoms with Crippen molar-refractivity contribution in [2.75, 3.05) is 0 Å². The number of hydrogen-bond donors (Lipinski definition) is 3. The monoisotopic (exact) mass is 306 g/mol. The lowest BCUT2D eigenvalue weighted by atomic mass is 9.98. The van der Waals surface area contributed by atoms with Gasteiger partial charge in [0.1, 0.15) is 17.2 Å². The maximum atomic E-state index is 10.1. The van der Waals surface area contributed by atoms with Crippen molar-refractivity contribution in [3.8, 4) is 17.2 Å². The van der Waals surface area contributed by atoms with Gasteiger partial charge in [-0.3, -0.25) is 0 Å². The molecule has 0 aliphatic rings. The molecule has 0 fully saturated rings. The number of phenols is 3. The molecule has 0 spiro atoms. The average Bonchev–Trinajstić information content (AvgIpc) is 2.55. The molecule has 0 unspecified atom stereocenters. The largest absolute Gasteiger partial charge is 0.508 e. The molecule has 0 heterocycles. The quantitative estimate of drug-likeness (QED) is 0.683.